The summed E-state index contributed by atoms with van der Waals surface area (Å²) < 4.78 is 1.92. The van der Waals surface area contributed by atoms with Crippen LogP contribution < -0.4 is 5.43 Å². The summed E-state index contributed by atoms with van der Waals surface area (Å²) in [7, 11) is 0. The van der Waals surface area contributed by atoms with Gasteiger partial charge in [-0.05, 0) is 30.7 Å². The van der Waals surface area contributed by atoms with Crippen molar-refractivity contribution in [3.8, 4) is 0 Å². The lowest BCUT2D eigenvalue weighted by Gasteiger charge is -2.08. The van der Waals surface area contributed by atoms with Gasteiger partial charge in [-0.25, -0.2) is 0 Å². The fourth-order valence-corrected chi connectivity index (χ4v) is 1.31. The van der Waals surface area contributed by atoms with Gasteiger partial charge in [-0.3, -0.25) is 9.66 Å². The van der Waals surface area contributed by atoms with E-state index in [9.17, 15) is 0 Å². The molecule has 72 valence electrons. The maximum atomic E-state index is 4.30. The maximum absolute atomic E-state index is 4.30. The van der Waals surface area contributed by atoms with Gasteiger partial charge in [0.1, 0.15) is 0 Å². The van der Waals surface area contributed by atoms with Crippen LogP contribution in [0.1, 0.15) is 11.3 Å². The molecule has 3 nitrogen and oxygen atoms in total. The van der Waals surface area contributed by atoms with Gasteiger partial charge >= 0.3 is 0 Å². The van der Waals surface area contributed by atoms with Gasteiger partial charge in [-0.1, -0.05) is 6.07 Å². The predicted octanol–water partition coefficient (Wildman–Crippen LogP) is 1.94. The average Bonchev–Trinajstić information content (AvgIpc) is 2.69. The number of pyridine rings is 1. The molecule has 0 fully saturated rings. The zero-order valence-corrected chi connectivity index (χ0v) is 8.14. The number of nitrogens with zero attached hydrogens (tertiary/aromatic N) is 2. The van der Waals surface area contributed by atoms with Crippen molar-refractivity contribution in [2.24, 2.45) is 0 Å². The number of rotatable bonds is 3. The fraction of sp³-hybridized carbons (Fsp3) is 0.182. The number of aryl methyl sites for hydroxylation is 1. The maximum Gasteiger partial charge on any atom is 0.0739 e. The van der Waals surface area contributed by atoms with Crippen molar-refractivity contribution in [1.29, 1.82) is 0 Å². The van der Waals surface area contributed by atoms with Crippen molar-refractivity contribution in [2.45, 2.75) is 13.5 Å². The summed E-state index contributed by atoms with van der Waals surface area (Å²) >= 11 is 0. The van der Waals surface area contributed by atoms with Gasteiger partial charge < -0.3 is 5.43 Å². The van der Waals surface area contributed by atoms with E-state index in [2.05, 4.69) is 23.4 Å². The molecule has 2 aromatic heterocycles. The first-order chi connectivity index (χ1) is 6.86. The van der Waals surface area contributed by atoms with Gasteiger partial charge in [0.05, 0.1) is 12.2 Å². The first kappa shape index (κ1) is 8.81. The Morgan fingerprint density at radius 2 is 2.07 bits per heavy atom. The lowest BCUT2D eigenvalue weighted by Crippen LogP contribution is -2.13. The Morgan fingerprint density at radius 1 is 1.29 bits per heavy atom. The predicted molar refractivity (Wildman–Crippen MR) is 56.5 cm³/mol. The summed E-state index contributed by atoms with van der Waals surface area (Å²) in [5.41, 5.74) is 5.54. The topological polar surface area (TPSA) is 29.9 Å². The highest BCUT2D eigenvalue weighted by molar-refractivity contribution is 5.18. The minimum absolute atomic E-state index is 0.751. The largest absolute Gasteiger partial charge is 0.320 e. The SMILES string of the molecule is Cc1cccnc1CNn1cccc1. The molecule has 0 aliphatic heterocycles. The van der Waals surface area contributed by atoms with Gasteiger partial charge in [0.25, 0.3) is 0 Å². The third-order valence-electron chi connectivity index (χ3n) is 2.15. The first-order valence-corrected chi connectivity index (χ1v) is 4.63. The Bertz CT molecular complexity index is 393. The smallest absolute Gasteiger partial charge is 0.0739 e. The van der Waals surface area contributed by atoms with E-state index in [1.165, 1.54) is 5.56 Å². The molecule has 0 aliphatic carbocycles. The zero-order valence-electron chi connectivity index (χ0n) is 8.14. The monoisotopic (exact) mass is 187 g/mol. The van der Waals surface area contributed by atoms with Crippen LogP contribution >= 0.6 is 0 Å². The van der Waals surface area contributed by atoms with E-state index in [1.54, 1.807) is 0 Å². The van der Waals surface area contributed by atoms with E-state index < -0.39 is 0 Å². The molecule has 1 N–H and O–H groups in total. The minimum atomic E-state index is 0.751. The van der Waals surface area contributed by atoms with Gasteiger partial charge in [0, 0.05) is 18.6 Å². The van der Waals surface area contributed by atoms with E-state index in [1.807, 2.05) is 41.5 Å². The number of hydrogen-bond acceptors (Lipinski definition) is 2. The highest BCUT2D eigenvalue weighted by Gasteiger charge is 1.96. The molecule has 2 rings (SSSR count). The molecule has 0 spiro atoms. The third-order valence-corrected chi connectivity index (χ3v) is 2.15. The van der Waals surface area contributed by atoms with Crippen LogP contribution in [0.15, 0.2) is 42.9 Å². The Hall–Kier alpha value is -1.77. The van der Waals surface area contributed by atoms with Crippen molar-refractivity contribution >= 4 is 0 Å². The van der Waals surface area contributed by atoms with Crippen LogP contribution in [-0.4, -0.2) is 9.66 Å². The van der Waals surface area contributed by atoms with Crippen LogP contribution in [-0.2, 0) is 6.54 Å². The van der Waals surface area contributed by atoms with Crippen LogP contribution in [0.4, 0.5) is 0 Å². The molecule has 0 saturated heterocycles. The highest BCUT2D eigenvalue weighted by Crippen LogP contribution is 2.02. The van der Waals surface area contributed by atoms with E-state index in [4.69, 9.17) is 0 Å². The average molecular weight is 187 g/mol. The van der Waals surface area contributed by atoms with E-state index in [0.717, 1.165) is 12.2 Å². The summed E-state index contributed by atoms with van der Waals surface area (Å²) in [5, 5.41) is 0. The molecule has 0 saturated carbocycles. The molecule has 0 atom stereocenters. The van der Waals surface area contributed by atoms with E-state index in [0.29, 0.717) is 0 Å². The second kappa shape index (κ2) is 3.96. The van der Waals surface area contributed by atoms with Crippen molar-refractivity contribution in [3.05, 3.63) is 54.1 Å². The number of hydrogen-bond donors (Lipinski definition) is 1. The van der Waals surface area contributed by atoms with Crippen molar-refractivity contribution in [2.75, 3.05) is 5.43 Å². The molecule has 3 heteroatoms. The molecule has 0 aromatic carbocycles. The van der Waals surface area contributed by atoms with E-state index >= 15 is 0 Å². The zero-order chi connectivity index (χ0) is 9.80. The van der Waals surface area contributed by atoms with E-state index in [-0.39, 0.29) is 0 Å². The van der Waals surface area contributed by atoms with Crippen LogP contribution in [0.5, 0.6) is 0 Å². The molecule has 2 aromatic rings. The Kier molecular flexibility index (Phi) is 2.49. The lowest BCUT2D eigenvalue weighted by molar-refractivity contribution is 0.824. The summed E-state index contributed by atoms with van der Waals surface area (Å²) in [6.07, 6.45) is 5.76. The Morgan fingerprint density at radius 3 is 2.79 bits per heavy atom. The first-order valence-electron chi connectivity index (χ1n) is 4.63. The standard InChI is InChI=1S/C11H13N3/c1-10-5-4-6-12-11(10)9-13-14-7-2-3-8-14/h2-8,13H,9H2,1H3. The van der Waals surface area contributed by atoms with Gasteiger partial charge in [0.15, 0.2) is 0 Å². The molecule has 2 heterocycles. The highest BCUT2D eigenvalue weighted by atomic mass is 15.4. The van der Waals surface area contributed by atoms with Crippen molar-refractivity contribution < 1.29 is 0 Å². The fourth-order valence-electron chi connectivity index (χ4n) is 1.31. The summed E-state index contributed by atoms with van der Waals surface area (Å²) in [5.74, 6) is 0. The molecular formula is C11H13N3. The molecule has 14 heavy (non-hydrogen) atoms. The molecular weight excluding hydrogens is 174 g/mol. The van der Waals surface area contributed by atoms with Crippen LogP contribution in [0.25, 0.3) is 0 Å². The lowest BCUT2D eigenvalue weighted by atomic mass is 10.2. The molecule has 0 amide bonds. The van der Waals surface area contributed by atoms with Crippen molar-refractivity contribution in [3.63, 3.8) is 0 Å². The number of nitrogens with one attached hydrogen (secondary N) is 1. The van der Waals surface area contributed by atoms with Crippen LogP contribution in [0.2, 0.25) is 0 Å². The molecule has 0 bridgehead atoms. The summed E-state index contributed by atoms with van der Waals surface area (Å²) in [6, 6.07) is 7.99. The summed E-state index contributed by atoms with van der Waals surface area (Å²) in [6.45, 7) is 2.82. The number of aromatic nitrogens is 2. The third kappa shape index (κ3) is 1.93. The van der Waals surface area contributed by atoms with Gasteiger partial charge in [-0.15, -0.1) is 0 Å². The quantitative estimate of drug-likeness (QED) is 0.795. The molecule has 0 unspecified atom stereocenters. The molecule has 0 aliphatic rings. The van der Waals surface area contributed by atoms with Crippen LogP contribution in [0, 0.1) is 6.92 Å². The Balaban J connectivity index is 2.02. The molecule has 0 radical (unpaired) electrons. The second-order valence-corrected chi connectivity index (χ2v) is 3.19. The summed E-state index contributed by atoms with van der Waals surface area (Å²) in [4.78, 5) is 4.30. The van der Waals surface area contributed by atoms with Gasteiger partial charge in [-0.2, -0.15) is 0 Å². The van der Waals surface area contributed by atoms with Gasteiger partial charge in [0.2, 0.25) is 0 Å². The second-order valence-electron chi connectivity index (χ2n) is 3.19. The normalized spacial score (nSPS) is 10.1. The van der Waals surface area contributed by atoms with Crippen LogP contribution in [0.3, 0.4) is 0 Å². The minimum Gasteiger partial charge on any atom is -0.320 e. The van der Waals surface area contributed by atoms with Crippen molar-refractivity contribution in [1.82, 2.24) is 9.66 Å². The Labute approximate surface area is 83.4 Å².